The zero-order valence-corrected chi connectivity index (χ0v) is 16.2. The van der Waals surface area contributed by atoms with Gasteiger partial charge in [0.1, 0.15) is 11.6 Å². The smallest absolute Gasteiger partial charge is 0.406 e. The molecule has 2 heterocycles. The SMILES string of the molecule is O[C@@H](c1cccc(F)c1)C12CCC(COCc3ccc(OC(F)(F)F)cc3)(CC1)N2. The lowest BCUT2D eigenvalue weighted by molar-refractivity contribution is -0.274. The molecule has 2 aromatic carbocycles. The number of alkyl halides is 3. The molecule has 2 bridgehead atoms. The van der Waals surface area contributed by atoms with E-state index in [2.05, 4.69) is 10.1 Å². The van der Waals surface area contributed by atoms with Crippen LogP contribution in [-0.4, -0.2) is 29.2 Å². The molecule has 162 valence electrons. The van der Waals surface area contributed by atoms with Crippen LogP contribution in [0.25, 0.3) is 0 Å². The van der Waals surface area contributed by atoms with E-state index >= 15 is 0 Å². The highest BCUT2D eigenvalue weighted by Gasteiger charge is 2.57. The van der Waals surface area contributed by atoms with Gasteiger partial charge in [-0.1, -0.05) is 24.3 Å². The van der Waals surface area contributed by atoms with E-state index < -0.39 is 18.0 Å². The second-order valence-electron chi connectivity index (χ2n) is 8.20. The normalized spacial score (nSPS) is 26.7. The van der Waals surface area contributed by atoms with Gasteiger partial charge in [-0.25, -0.2) is 4.39 Å². The van der Waals surface area contributed by atoms with Gasteiger partial charge >= 0.3 is 6.36 Å². The summed E-state index contributed by atoms with van der Waals surface area (Å²) in [4.78, 5) is 0. The molecule has 2 fully saturated rings. The summed E-state index contributed by atoms with van der Waals surface area (Å²) in [6.45, 7) is 0.681. The van der Waals surface area contributed by atoms with Crippen LogP contribution < -0.4 is 10.1 Å². The Labute approximate surface area is 171 Å². The maximum Gasteiger partial charge on any atom is 0.573 e. The van der Waals surface area contributed by atoms with Crippen molar-refractivity contribution in [1.29, 1.82) is 0 Å². The quantitative estimate of drug-likeness (QED) is 0.636. The standard InChI is InChI=1S/C22H23F4NO3/c23-17-3-1-2-16(12-17)19(28)21-10-8-20(27-21,9-11-21)14-29-13-15-4-6-18(7-5-15)30-22(24,25)26/h1-7,12,19,27-28H,8-11,13-14H2/t19-,20?,21?/m0/s1. The lowest BCUT2D eigenvalue weighted by Crippen LogP contribution is -2.48. The van der Waals surface area contributed by atoms with E-state index in [1.807, 2.05) is 0 Å². The molecule has 0 aliphatic carbocycles. The van der Waals surface area contributed by atoms with Crippen LogP contribution in [0.4, 0.5) is 17.6 Å². The number of halogens is 4. The largest absolute Gasteiger partial charge is 0.573 e. The molecule has 4 rings (SSSR count). The predicted molar refractivity (Wildman–Crippen MR) is 101 cm³/mol. The fraction of sp³-hybridized carbons (Fsp3) is 0.455. The number of ether oxygens (including phenoxy) is 2. The van der Waals surface area contributed by atoms with Gasteiger partial charge in [-0.05, 0) is 61.1 Å². The first kappa shape index (κ1) is 21.1. The Bertz CT molecular complexity index is 877. The van der Waals surface area contributed by atoms with Gasteiger partial charge in [-0.2, -0.15) is 0 Å². The minimum atomic E-state index is -4.71. The molecule has 2 aliphatic rings. The third-order valence-electron chi connectivity index (χ3n) is 6.11. The van der Waals surface area contributed by atoms with Gasteiger partial charge in [0.25, 0.3) is 0 Å². The molecule has 0 saturated carbocycles. The van der Waals surface area contributed by atoms with Gasteiger partial charge in [0, 0.05) is 11.1 Å². The van der Waals surface area contributed by atoms with E-state index in [0.29, 0.717) is 12.2 Å². The molecular weight excluding hydrogens is 402 g/mol. The van der Waals surface area contributed by atoms with Crippen LogP contribution in [-0.2, 0) is 11.3 Å². The van der Waals surface area contributed by atoms with Crippen LogP contribution in [0.5, 0.6) is 5.75 Å². The van der Waals surface area contributed by atoms with Crippen LogP contribution in [0.2, 0.25) is 0 Å². The minimum absolute atomic E-state index is 0.256. The number of hydrogen-bond acceptors (Lipinski definition) is 4. The van der Waals surface area contributed by atoms with Crippen molar-refractivity contribution in [1.82, 2.24) is 5.32 Å². The summed E-state index contributed by atoms with van der Waals surface area (Å²) >= 11 is 0. The number of fused-ring (bicyclic) bond motifs is 2. The molecule has 2 N–H and O–H groups in total. The van der Waals surface area contributed by atoms with Crippen molar-refractivity contribution >= 4 is 0 Å². The van der Waals surface area contributed by atoms with Crippen molar-refractivity contribution < 1.29 is 32.1 Å². The average Bonchev–Trinajstić information content (AvgIpc) is 3.25. The highest BCUT2D eigenvalue weighted by Crippen LogP contribution is 2.50. The molecule has 4 nitrogen and oxygen atoms in total. The average molecular weight is 425 g/mol. The summed E-state index contributed by atoms with van der Waals surface area (Å²) in [6, 6.07) is 11.6. The highest BCUT2D eigenvalue weighted by molar-refractivity contribution is 5.28. The summed E-state index contributed by atoms with van der Waals surface area (Å²) < 4.78 is 59.9. The Hall–Kier alpha value is -2.16. The van der Waals surface area contributed by atoms with E-state index in [1.54, 1.807) is 12.1 Å². The molecular formula is C22H23F4NO3. The summed E-state index contributed by atoms with van der Waals surface area (Å²) in [5.41, 5.74) is 0.548. The summed E-state index contributed by atoms with van der Waals surface area (Å²) in [7, 11) is 0. The summed E-state index contributed by atoms with van der Waals surface area (Å²) in [5.74, 6) is -0.644. The Balaban J connectivity index is 1.32. The van der Waals surface area contributed by atoms with Crippen molar-refractivity contribution in [3.05, 3.63) is 65.5 Å². The lowest BCUT2D eigenvalue weighted by atomic mass is 9.78. The topological polar surface area (TPSA) is 50.7 Å². The molecule has 0 amide bonds. The predicted octanol–water partition coefficient (Wildman–Crippen LogP) is 4.63. The summed E-state index contributed by atoms with van der Waals surface area (Å²) in [5, 5.41) is 14.4. The second kappa shape index (κ2) is 7.83. The van der Waals surface area contributed by atoms with E-state index in [1.165, 1.54) is 36.4 Å². The van der Waals surface area contributed by atoms with Crippen molar-refractivity contribution in [2.45, 2.75) is 55.8 Å². The van der Waals surface area contributed by atoms with E-state index in [9.17, 15) is 22.7 Å². The number of hydrogen-bond donors (Lipinski definition) is 2. The van der Waals surface area contributed by atoms with Crippen molar-refractivity contribution in [3.8, 4) is 5.75 Å². The molecule has 0 radical (unpaired) electrons. The molecule has 2 aliphatic heterocycles. The number of aliphatic hydroxyl groups excluding tert-OH is 1. The fourth-order valence-electron chi connectivity index (χ4n) is 4.62. The van der Waals surface area contributed by atoms with Crippen LogP contribution in [0.3, 0.4) is 0 Å². The van der Waals surface area contributed by atoms with Crippen LogP contribution in [0, 0.1) is 5.82 Å². The monoisotopic (exact) mass is 425 g/mol. The maximum atomic E-state index is 13.5. The van der Waals surface area contributed by atoms with Gasteiger partial charge in [-0.3, -0.25) is 0 Å². The highest BCUT2D eigenvalue weighted by atomic mass is 19.4. The van der Waals surface area contributed by atoms with E-state index in [0.717, 1.165) is 31.2 Å². The second-order valence-corrected chi connectivity index (χ2v) is 8.20. The first-order valence-electron chi connectivity index (χ1n) is 9.84. The third-order valence-corrected chi connectivity index (χ3v) is 6.11. The lowest BCUT2D eigenvalue weighted by Gasteiger charge is -2.32. The Morgan fingerprint density at radius 2 is 1.73 bits per heavy atom. The maximum absolute atomic E-state index is 13.5. The van der Waals surface area contributed by atoms with Gasteiger partial charge < -0.3 is 19.9 Å². The molecule has 2 saturated heterocycles. The third kappa shape index (κ3) is 4.45. The fourth-order valence-corrected chi connectivity index (χ4v) is 4.62. The summed E-state index contributed by atoms with van der Waals surface area (Å²) in [6.07, 6.45) is -2.33. The van der Waals surface area contributed by atoms with Crippen LogP contribution >= 0.6 is 0 Å². The number of aliphatic hydroxyl groups is 1. The van der Waals surface area contributed by atoms with Crippen LogP contribution in [0.1, 0.15) is 42.9 Å². The Kier molecular flexibility index (Phi) is 5.50. The molecule has 2 aromatic rings. The zero-order valence-electron chi connectivity index (χ0n) is 16.2. The Morgan fingerprint density at radius 3 is 2.37 bits per heavy atom. The Morgan fingerprint density at radius 1 is 1.03 bits per heavy atom. The molecule has 0 aromatic heterocycles. The first-order chi connectivity index (χ1) is 14.2. The van der Waals surface area contributed by atoms with E-state index in [4.69, 9.17) is 4.74 Å². The molecule has 8 heteroatoms. The number of nitrogens with one attached hydrogen (secondary N) is 1. The van der Waals surface area contributed by atoms with Crippen LogP contribution in [0.15, 0.2) is 48.5 Å². The molecule has 30 heavy (non-hydrogen) atoms. The molecule has 1 atom stereocenters. The van der Waals surface area contributed by atoms with Crippen molar-refractivity contribution in [2.24, 2.45) is 0 Å². The number of rotatable bonds is 7. The van der Waals surface area contributed by atoms with Gasteiger partial charge in [0.15, 0.2) is 0 Å². The van der Waals surface area contributed by atoms with Gasteiger partial charge in [0.2, 0.25) is 0 Å². The van der Waals surface area contributed by atoms with E-state index in [-0.39, 0.29) is 23.7 Å². The van der Waals surface area contributed by atoms with Gasteiger partial charge in [-0.15, -0.1) is 13.2 Å². The minimum Gasteiger partial charge on any atom is -0.406 e. The first-order valence-corrected chi connectivity index (χ1v) is 9.84. The number of benzene rings is 2. The zero-order chi connectivity index (χ0) is 21.4. The van der Waals surface area contributed by atoms with Crippen molar-refractivity contribution in [3.63, 3.8) is 0 Å². The van der Waals surface area contributed by atoms with Gasteiger partial charge in [0.05, 0.1) is 19.3 Å². The molecule has 0 spiro atoms. The molecule has 0 unspecified atom stereocenters. The van der Waals surface area contributed by atoms with Crippen molar-refractivity contribution in [2.75, 3.05) is 6.61 Å².